The molecule has 148 valence electrons. The number of rotatable bonds is 8. The van der Waals surface area contributed by atoms with Crippen molar-refractivity contribution in [2.24, 2.45) is 0 Å². The lowest BCUT2D eigenvalue weighted by atomic mass is 10.1. The van der Waals surface area contributed by atoms with Crippen LogP contribution in [0.3, 0.4) is 0 Å². The smallest absolute Gasteiger partial charge is 0.119 e. The van der Waals surface area contributed by atoms with E-state index in [1.807, 2.05) is 42.5 Å². The van der Waals surface area contributed by atoms with E-state index in [-0.39, 0.29) is 0 Å². The molecular formula is C24H22Cl2N2O. The molecule has 0 radical (unpaired) electrons. The molecule has 0 unspecified atom stereocenters. The number of para-hydroxylation sites is 2. The standard InChI is InChI=1S/C24H22Cl2N2O/c25-19-9-7-18(8-10-19)17-24-27-22-5-1-2-6-23(22)28(24)15-3-4-16-29-21-13-11-20(26)12-14-21/h1-2,5-14H,3-4,15-17H2. The SMILES string of the molecule is Clc1ccc(Cc2nc3ccccc3n2CCCCOc2ccc(Cl)cc2)cc1. The maximum absolute atomic E-state index is 6.02. The summed E-state index contributed by atoms with van der Waals surface area (Å²) in [6.07, 6.45) is 2.77. The average molecular weight is 425 g/mol. The molecule has 0 aliphatic carbocycles. The van der Waals surface area contributed by atoms with Gasteiger partial charge in [0.2, 0.25) is 0 Å². The first-order chi connectivity index (χ1) is 14.2. The van der Waals surface area contributed by atoms with E-state index < -0.39 is 0 Å². The predicted molar refractivity (Wildman–Crippen MR) is 120 cm³/mol. The van der Waals surface area contributed by atoms with Crippen LogP contribution in [0, 0.1) is 0 Å². The molecule has 0 saturated heterocycles. The summed E-state index contributed by atoms with van der Waals surface area (Å²) in [5.41, 5.74) is 3.42. The Morgan fingerprint density at radius 2 is 1.48 bits per heavy atom. The van der Waals surface area contributed by atoms with Gasteiger partial charge >= 0.3 is 0 Å². The largest absolute Gasteiger partial charge is 0.494 e. The third-order valence-electron chi connectivity index (χ3n) is 4.87. The second-order valence-electron chi connectivity index (χ2n) is 6.98. The summed E-state index contributed by atoms with van der Waals surface area (Å²) in [6.45, 7) is 1.59. The summed E-state index contributed by atoms with van der Waals surface area (Å²) in [7, 11) is 0. The normalized spacial score (nSPS) is 11.1. The predicted octanol–water partition coefficient (Wildman–Crippen LogP) is 6.79. The Bertz CT molecular complexity index is 1070. The zero-order valence-corrected chi connectivity index (χ0v) is 17.5. The van der Waals surface area contributed by atoms with Crippen LogP contribution in [0.4, 0.5) is 0 Å². The highest BCUT2D eigenvalue weighted by atomic mass is 35.5. The number of imidazole rings is 1. The van der Waals surface area contributed by atoms with Crippen LogP contribution in [0.5, 0.6) is 5.75 Å². The molecule has 0 fully saturated rings. The minimum Gasteiger partial charge on any atom is -0.494 e. The number of fused-ring (bicyclic) bond motifs is 1. The van der Waals surface area contributed by atoms with Gasteiger partial charge in [0.05, 0.1) is 17.6 Å². The molecule has 3 nitrogen and oxygen atoms in total. The lowest BCUT2D eigenvalue weighted by molar-refractivity contribution is 0.303. The topological polar surface area (TPSA) is 27.1 Å². The number of benzene rings is 3. The van der Waals surface area contributed by atoms with E-state index in [0.717, 1.165) is 52.9 Å². The number of hydrogen-bond donors (Lipinski definition) is 0. The van der Waals surface area contributed by atoms with Crippen molar-refractivity contribution in [3.05, 3.63) is 94.2 Å². The number of nitrogens with zero attached hydrogens (tertiary/aromatic N) is 2. The van der Waals surface area contributed by atoms with Crippen molar-refractivity contribution in [3.8, 4) is 5.75 Å². The first-order valence-electron chi connectivity index (χ1n) is 9.76. The number of halogens is 2. The Labute approximate surface area is 180 Å². The van der Waals surface area contributed by atoms with Gasteiger partial charge in [-0.3, -0.25) is 0 Å². The molecule has 0 bridgehead atoms. The minimum absolute atomic E-state index is 0.681. The second-order valence-corrected chi connectivity index (χ2v) is 7.85. The van der Waals surface area contributed by atoms with E-state index >= 15 is 0 Å². The fourth-order valence-electron chi connectivity index (χ4n) is 3.39. The Balaban J connectivity index is 1.41. The van der Waals surface area contributed by atoms with Crippen molar-refractivity contribution in [1.29, 1.82) is 0 Å². The molecule has 0 atom stereocenters. The van der Waals surface area contributed by atoms with E-state index in [2.05, 4.69) is 34.9 Å². The van der Waals surface area contributed by atoms with Crippen molar-refractivity contribution < 1.29 is 4.74 Å². The Kier molecular flexibility index (Phi) is 6.38. The third-order valence-corrected chi connectivity index (χ3v) is 5.37. The molecule has 0 aliphatic heterocycles. The number of hydrogen-bond acceptors (Lipinski definition) is 2. The van der Waals surface area contributed by atoms with Gasteiger partial charge in [0.15, 0.2) is 0 Å². The molecule has 0 aliphatic rings. The second kappa shape index (κ2) is 9.34. The maximum Gasteiger partial charge on any atom is 0.119 e. The van der Waals surface area contributed by atoms with Crippen LogP contribution in [0.1, 0.15) is 24.2 Å². The highest BCUT2D eigenvalue weighted by Gasteiger charge is 2.11. The fourth-order valence-corrected chi connectivity index (χ4v) is 3.64. The van der Waals surface area contributed by atoms with Crippen molar-refractivity contribution in [2.45, 2.75) is 25.8 Å². The molecule has 5 heteroatoms. The summed E-state index contributed by atoms with van der Waals surface area (Å²) < 4.78 is 8.13. The van der Waals surface area contributed by atoms with Gasteiger partial charge in [0.25, 0.3) is 0 Å². The van der Waals surface area contributed by atoms with Gasteiger partial charge < -0.3 is 9.30 Å². The van der Waals surface area contributed by atoms with Crippen LogP contribution >= 0.6 is 23.2 Å². The van der Waals surface area contributed by atoms with Gasteiger partial charge in [-0.15, -0.1) is 0 Å². The lowest BCUT2D eigenvalue weighted by Gasteiger charge is -2.10. The summed E-state index contributed by atoms with van der Waals surface area (Å²) in [5, 5.41) is 1.47. The van der Waals surface area contributed by atoms with Gasteiger partial charge in [-0.05, 0) is 66.9 Å². The Morgan fingerprint density at radius 3 is 2.24 bits per heavy atom. The average Bonchev–Trinajstić information content (AvgIpc) is 3.08. The fraction of sp³-hybridized carbons (Fsp3) is 0.208. The minimum atomic E-state index is 0.681. The molecule has 1 heterocycles. The third kappa shape index (κ3) is 5.11. The van der Waals surface area contributed by atoms with Crippen LogP contribution in [0.15, 0.2) is 72.8 Å². The maximum atomic E-state index is 6.02. The molecule has 29 heavy (non-hydrogen) atoms. The molecule has 0 spiro atoms. The van der Waals surface area contributed by atoms with Gasteiger partial charge in [-0.2, -0.15) is 0 Å². The van der Waals surface area contributed by atoms with Crippen molar-refractivity contribution in [3.63, 3.8) is 0 Å². The van der Waals surface area contributed by atoms with Crippen molar-refractivity contribution >= 4 is 34.2 Å². The Hall–Kier alpha value is -2.49. The number of aryl methyl sites for hydroxylation is 1. The molecule has 1 aromatic heterocycles. The number of aromatic nitrogens is 2. The van der Waals surface area contributed by atoms with Crippen molar-refractivity contribution in [1.82, 2.24) is 9.55 Å². The van der Waals surface area contributed by atoms with Gasteiger partial charge in [0, 0.05) is 23.0 Å². The highest BCUT2D eigenvalue weighted by Crippen LogP contribution is 2.21. The molecule has 3 aromatic carbocycles. The van der Waals surface area contributed by atoms with Crippen LogP contribution in [-0.4, -0.2) is 16.2 Å². The zero-order valence-electron chi connectivity index (χ0n) is 16.0. The van der Waals surface area contributed by atoms with Crippen LogP contribution in [0.2, 0.25) is 10.0 Å². The summed E-state index contributed by atoms with van der Waals surface area (Å²) in [4.78, 5) is 4.87. The van der Waals surface area contributed by atoms with E-state index in [0.29, 0.717) is 6.61 Å². The highest BCUT2D eigenvalue weighted by molar-refractivity contribution is 6.30. The molecule has 4 aromatic rings. The molecule has 4 rings (SSSR count). The number of ether oxygens (including phenoxy) is 1. The molecular weight excluding hydrogens is 403 g/mol. The molecule has 0 saturated carbocycles. The monoisotopic (exact) mass is 424 g/mol. The van der Waals surface area contributed by atoms with Gasteiger partial charge in [-0.25, -0.2) is 4.98 Å². The van der Waals surface area contributed by atoms with Crippen LogP contribution < -0.4 is 4.74 Å². The van der Waals surface area contributed by atoms with E-state index in [4.69, 9.17) is 32.9 Å². The van der Waals surface area contributed by atoms with E-state index in [1.54, 1.807) is 0 Å². The number of unbranched alkanes of at least 4 members (excludes halogenated alkanes) is 1. The lowest BCUT2D eigenvalue weighted by Crippen LogP contribution is -2.07. The van der Waals surface area contributed by atoms with Gasteiger partial charge in [-0.1, -0.05) is 47.5 Å². The molecule has 0 N–H and O–H groups in total. The van der Waals surface area contributed by atoms with Crippen molar-refractivity contribution in [2.75, 3.05) is 6.61 Å². The quantitative estimate of drug-likeness (QED) is 0.291. The summed E-state index contributed by atoms with van der Waals surface area (Å²) in [6, 6.07) is 23.8. The Morgan fingerprint density at radius 1 is 0.793 bits per heavy atom. The zero-order chi connectivity index (χ0) is 20.1. The molecule has 0 amide bonds. The van der Waals surface area contributed by atoms with E-state index in [9.17, 15) is 0 Å². The van der Waals surface area contributed by atoms with Crippen LogP contribution in [-0.2, 0) is 13.0 Å². The summed E-state index contributed by atoms with van der Waals surface area (Å²) >= 11 is 11.9. The summed E-state index contributed by atoms with van der Waals surface area (Å²) in [5.74, 6) is 1.93. The first-order valence-corrected chi connectivity index (χ1v) is 10.5. The first kappa shape index (κ1) is 19.8. The van der Waals surface area contributed by atoms with Gasteiger partial charge in [0.1, 0.15) is 11.6 Å². The van der Waals surface area contributed by atoms with Crippen LogP contribution in [0.25, 0.3) is 11.0 Å². The van der Waals surface area contributed by atoms with E-state index in [1.165, 1.54) is 11.1 Å².